The first-order valence-corrected chi connectivity index (χ1v) is 2.92. The first kappa shape index (κ1) is 5.54. The van der Waals surface area contributed by atoms with Gasteiger partial charge in [-0.3, -0.25) is 0 Å². The van der Waals surface area contributed by atoms with E-state index in [1.807, 2.05) is 4.70 Å². The van der Waals surface area contributed by atoms with Gasteiger partial charge >= 0.3 is 0 Å². The van der Waals surface area contributed by atoms with E-state index in [0.717, 1.165) is 13.1 Å². The normalized spacial score (nSPS) is 18.9. The zero-order chi connectivity index (χ0) is 5.82. The maximum absolute atomic E-state index is 4.58. The third-order valence-corrected chi connectivity index (χ3v) is 1.28. The van der Waals surface area contributed by atoms with Gasteiger partial charge in [0.15, 0.2) is 18.4 Å². The summed E-state index contributed by atoms with van der Waals surface area (Å²) in [5, 5.41) is 3.76. The van der Waals surface area contributed by atoms with Crippen LogP contribution in [0.5, 0.6) is 0 Å². The average molecular weight is 115 g/mol. The van der Waals surface area contributed by atoms with Gasteiger partial charge in [0, 0.05) is 12.8 Å². The summed E-state index contributed by atoms with van der Waals surface area (Å²) >= 11 is 0. The van der Waals surface area contributed by atoms with E-state index < -0.39 is 0 Å². The maximum atomic E-state index is 4.58. The Morgan fingerprint density at radius 1 is 1.38 bits per heavy atom. The second-order valence-electron chi connectivity index (χ2n) is 1.92. The monoisotopic (exact) mass is 115 g/mol. The van der Waals surface area contributed by atoms with Gasteiger partial charge in [0.25, 0.3) is 0 Å². The molecule has 0 saturated carbocycles. The molecule has 1 rings (SSSR count). The van der Waals surface area contributed by atoms with E-state index in [0.29, 0.717) is 0 Å². The van der Waals surface area contributed by atoms with Crippen molar-refractivity contribution in [3.8, 4) is 0 Å². The number of hydrogen-bond acceptors (Lipinski definition) is 2. The molecule has 1 saturated heterocycles. The van der Waals surface area contributed by atoms with E-state index in [4.69, 9.17) is 0 Å². The Morgan fingerprint density at radius 2 is 2.00 bits per heavy atom. The third-order valence-electron chi connectivity index (χ3n) is 1.28. The average Bonchev–Trinajstić information content (AvgIpc) is 2.19. The minimum atomic E-state index is 1.06. The molecule has 0 aromatic rings. The van der Waals surface area contributed by atoms with Crippen molar-refractivity contribution in [2.45, 2.75) is 12.8 Å². The number of rotatable bonds is 1. The van der Waals surface area contributed by atoms with Gasteiger partial charge in [-0.05, 0) is 0 Å². The van der Waals surface area contributed by atoms with E-state index >= 15 is 0 Å². The van der Waals surface area contributed by atoms with Crippen molar-refractivity contribution in [1.29, 1.82) is 0 Å². The van der Waals surface area contributed by atoms with Gasteiger partial charge in [-0.1, -0.05) is 4.70 Å². The second-order valence-corrected chi connectivity index (χ2v) is 1.92. The van der Waals surface area contributed by atoms with Gasteiger partial charge in [-0.2, -0.15) is 0 Å². The standard InChI is InChI=1S/C5H11N2O/c1-8-6-7-4-2-3-5-7/h2-5H2,1H3/q+1. The summed E-state index contributed by atoms with van der Waals surface area (Å²) in [5.74, 6) is 0. The van der Waals surface area contributed by atoms with Crippen LogP contribution in [0.3, 0.4) is 0 Å². The molecule has 0 spiro atoms. The Labute approximate surface area is 48.9 Å². The van der Waals surface area contributed by atoms with E-state index in [-0.39, 0.29) is 0 Å². The predicted molar refractivity (Wildman–Crippen MR) is 28.7 cm³/mol. The molecule has 0 aromatic heterocycles. The third kappa shape index (κ3) is 1.18. The Morgan fingerprint density at radius 3 is 2.50 bits per heavy atom. The first-order chi connectivity index (χ1) is 3.93. The lowest BCUT2D eigenvalue weighted by Gasteiger charge is -1.82. The Hall–Kier alpha value is -0.600. The lowest BCUT2D eigenvalue weighted by atomic mass is 10.4. The summed E-state index contributed by atoms with van der Waals surface area (Å²) in [6.45, 7) is 2.13. The molecule has 1 heterocycles. The highest BCUT2D eigenvalue weighted by Crippen LogP contribution is 2.01. The molecule has 8 heavy (non-hydrogen) atoms. The number of hydrogen-bond donors (Lipinski definition) is 0. The van der Waals surface area contributed by atoms with E-state index in [1.54, 1.807) is 7.11 Å². The van der Waals surface area contributed by atoms with Gasteiger partial charge in [0.1, 0.15) is 7.11 Å². The van der Waals surface area contributed by atoms with Crippen LogP contribution in [0.2, 0.25) is 0 Å². The molecule has 0 atom stereocenters. The highest BCUT2D eigenvalue weighted by Gasteiger charge is 2.14. The molecule has 0 N–H and O–H groups in total. The SMILES string of the molecule is CON=[N+]1CCCC1. The Kier molecular flexibility index (Phi) is 1.83. The van der Waals surface area contributed by atoms with Gasteiger partial charge in [0.2, 0.25) is 0 Å². The maximum Gasteiger partial charge on any atom is 0.186 e. The smallest absolute Gasteiger partial charge is 0.186 e. The van der Waals surface area contributed by atoms with Crippen LogP contribution in [0.4, 0.5) is 0 Å². The van der Waals surface area contributed by atoms with Crippen LogP contribution in [0.25, 0.3) is 0 Å². The molecule has 0 unspecified atom stereocenters. The summed E-state index contributed by atoms with van der Waals surface area (Å²) < 4.78 is 1.94. The van der Waals surface area contributed by atoms with E-state index in [9.17, 15) is 0 Å². The van der Waals surface area contributed by atoms with Gasteiger partial charge in [-0.15, -0.1) is 0 Å². The van der Waals surface area contributed by atoms with Gasteiger partial charge in [0.05, 0.1) is 0 Å². The molecule has 1 fully saturated rings. The van der Waals surface area contributed by atoms with Crippen molar-refractivity contribution in [3.63, 3.8) is 0 Å². The molecule has 3 heteroatoms. The van der Waals surface area contributed by atoms with Crippen molar-refractivity contribution in [2.75, 3.05) is 20.2 Å². The van der Waals surface area contributed by atoms with Crippen LogP contribution < -0.4 is 0 Å². The largest absolute Gasteiger partial charge is 0.351 e. The molecular formula is C5H11N2O+. The molecule has 1 aliphatic heterocycles. The second kappa shape index (κ2) is 2.64. The summed E-state index contributed by atoms with van der Waals surface area (Å²) in [7, 11) is 1.58. The van der Waals surface area contributed by atoms with Crippen molar-refractivity contribution >= 4 is 0 Å². The first-order valence-electron chi connectivity index (χ1n) is 2.92. The van der Waals surface area contributed by atoms with Gasteiger partial charge < -0.3 is 4.84 Å². The van der Waals surface area contributed by atoms with E-state index in [1.165, 1.54) is 12.8 Å². The highest BCUT2D eigenvalue weighted by molar-refractivity contribution is 4.40. The Balaban J connectivity index is 2.33. The van der Waals surface area contributed by atoms with Crippen LogP contribution in [-0.4, -0.2) is 24.9 Å². The molecule has 0 bridgehead atoms. The molecule has 0 aromatic carbocycles. The van der Waals surface area contributed by atoms with Crippen molar-refractivity contribution in [2.24, 2.45) is 5.28 Å². The molecule has 0 aliphatic carbocycles. The lowest BCUT2D eigenvalue weighted by Crippen LogP contribution is -2.01. The fourth-order valence-corrected chi connectivity index (χ4v) is 0.898. The molecule has 0 radical (unpaired) electrons. The summed E-state index contributed by atoms with van der Waals surface area (Å²) in [6.07, 6.45) is 2.51. The quantitative estimate of drug-likeness (QED) is 0.366. The molecular weight excluding hydrogens is 104 g/mol. The summed E-state index contributed by atoms with van der Waals surface area (Å²) in [4.78, 5) is 4.58. The lowest BCUT2D eigenvalue weighted by molar-refractivity contribution is -0.599. The fraction of sp³-hybridized carbons (Fsp3) is 1.00. The zero-order valence-electron chi connectivity index (χ0n) is 5.13. The van der Waals surface area contributed by atoms with Crippen molar-refractivity contribution < 1.29 is 9.53 Å². The fourth-order valence-electron chi connectivity index (χ4n) is 0.898. The predicted octanol–water partition coefficient (Wildman–Crippen LogP) is 0.806. The minimum absolute atomic E-state index is 1.06. The molecule has 1 aliphatic rings. The van der Waals surface area contributed by atoms with Crippen LogP contribution in [0.1, 0.15) is 12.8 Å². The molecule has 0 amide bonds. The van der Waals surface area contributed by atoms with Crippen LogP contribution in [-0.2, 0) is 4.84 Å². The van der Waals surface area contributed by atoms with Crippen LogP contribution >= 0.6 is 0 Å². The zero-order valence-corrected chi connectivity index (χ0v) is 5.13. The van der Waals surface area contributed by atoms with Crippen molar-refractivity contribution in [3.05, 3.63) is 0 Å². The highest BCUT2D eigenvalue weighted by atomic mass is 16.6. The Bertz CT molecular complexity index is 92.6. The van der Waals surface area contributed by atoms with E-state index in [2.05, 4.69) is 10.1 Å². The topological polar surface area (TPSA) is 24.6 Å². The molecule has 46 valence electrons. The van der Waals surface area contributed by atoms with Crippen LogP contribution in [0, 0.1) is 0 Å². The van der Waals surface area contributed by atoms with Crippen LogP contribution in [0.15, 0.2) is 5.28 Å². The van der Waals surface area contributed by atoms with Gasteiger partial charge in [-0.25, -0.2) is 0 Å². The van der Waals surface area contributed by atoms with Crippen molar-refractivity contribution in [1.82, 2.24) is 0 Å². The molecule has 3 nitrogen and oxygen atoms in total. The summed E-state index contributed by atoms with van der Waals surface area (Å²) in [5.41, 5.74) is 0. The summed E-state index contributed by atoms with van der Waals surface area (Å²) in [6, 6.07) is 0. The minimum Gasteiger partial charge on any atom is -0.351 e. The number of nitrogens with zero attached hydrogens (tertiary/aromatic N) is 2.